The molecular formula is C16H23N5O. The van der Waals surface area contributed by atoms with E-state index >= 15 is 0 Å². The maximum absolute atomic E-state index is 5.45. The van der Waals surface area contributed by atoms with Gasteiger partial charge in [0.15, 0.2) is 5.82 Å². The van der Waals surface area contributed by atoms with Gasteiger partial charge in [-0.1, -0.05) is 5.16 Å². The zero-order valence-electron chi connectivity index (χ0n) is 13.5. The summed E-state index contributed by atoms with van der Waals surface area (Å²) in [4.78, 5) is 7.03. The van der Waals surface area contributed by atoms with Crippen LogP contribution in [0.3, 0.4) is 0 Å². The zero-order chi connectivity index (χ0) is 15.3. The third-order valence-corrected chi connectivity index (χ3v) is 5.03. The van der Waals surface area contributed by atoms with Gasteiger partial charge in [-0.2, -0.15) is 10.1 Å². The fourth-order valence-corrected chi connectivity index (χ4v) is 3.63. The first kappa shape index (κ1) is 13.9. The molecule has 6 heteroatoms. The fraction of sp³-hybridized carbons (Fsp3) is 0.688. The predicted molar refractivity (Wildman–Crippen MR) is 81.3 cm³/mol. The Morgan fingerprint density at radius 2 is 2.05 bits per heavy atom. The summed E-state index contributed by atoms with van der Waals surface area (Å²) in [6, 6.07) is 0.421. The Morgan fingerprint density at radius 3 is 2.73 bits per heavy atom. The highest BCUT2D eigenvalue weighted by atomic mass is 16.5. The van der Waals surface area contributed by atoms with E-state index in [-0.39, 0.29) is 0 Å². The molecule has 0 bridgehead atoms. The summed E-state index contributed by atoms with van der Waals surface area (Å²) in [5.41, 5.74) is 3.78. The molecule has 1 aliphatic heterocycles. The number of hydrogen-bond donors (Lipinski definition) is 0. The molecule has 4 rings (SSSR count). The number of nitrogens with zero attached hydrogens (tertiary/aromatic N) is 5. The van der Waals surface area contributed by atoms with Gasteiger partial charge < -0.3 is 4.52 Å². The van der Waals surface area contributed by atoms with Crippen molar-refractivity contribution in [3.8, 4) is 0 Å². The van der Waals surface area contributed by atoms with Crippen molar-refractivity contribution in [3.63, 3.8) is 0 Å². The second kappa shape index (κ2) is 5.19. The van der Waals surface area contributed by atoms with E-state index in [1.165, 1.54) is 36.9 Å². The largest absolute Gasteiger partial charge is 0.338 e. The number of aromatic nitrogens is 4. The van der Waals surface area contributed by atoms with Crippen molar-refractivity contribution < 1.29 is 4.52 Å². The molecule has 22 heavy (non-hydrogen) atoms. The summed E-state index contributed by atoms with van der Waals surface area (Å²) in [6.07, 6.45) is 4.80. The molecule has 1 saturated heterocycles. The van der Waals surface area contributed by atoms with Crippen molar-refractivity contribution >= 4 is 0 Å². The first-order valence-electron chi connectivity index (χ1n) is 8.20. The lowest BCUT2D eigenvalue weighted by Crippen LogP contribution is -2.23. The van der Waals surface area contributed by atoms with Crippen molar-refractivity contribution in [1.82, 2.24) is 24.8 Å². The third-order valence-electron chi connectivity index (χ3n) is 5.03. The van der Waals surface area contributed by atoms with E-state index in [0.717, 1.165) is 30.5 Å². The SMILES string of the molecule is Cc1nn(C)c(C)c1[C@H]1CCCN1Cc1nc(C2CC2)no1. The third kappa shape index (κ3) is 2.35. The van der Waals surface area contributed by atoms with Crippen LogP contribution < -0.4 is 0 Å². The van der Waals surface area contributed by atoms with E-state index in [9.17, 15) is 0 Å². The summed E-state index contributed by atoms with van der Waals surface area (Å²) in [6.45, 7) is 6.10. The molecule has 0 unspecified atom stereocenters. The summed E-state index contributed by atoms with van der Waals surface area (Å²) in [5, 5.41) is 8.70. The number of likely N-dealkylation sites (tertiary alicyclic amines) is 1. The minimum Gasteiger partial charge on any atom is -0.338 e. The van der Waals surface area contributed by atoms with Crippen LogP contribution in [0.2, 0.25) is 0 Å². The van der Waals surface area contributed by atoms with Gasteiger partial charge in [0.2, 0.25) is 5.89 Å². The van der Waals surface area contributed by atoms with E-state index in [1.54, 1.807) is 0 Å². The molecule has 1 saturated carbocycles. The maximum Gasteiger partial charge on any atom is 0.240 e. The summed E-state index contributed by atoms with van der Waals surface area (Å²) >= 11 is 0. The Bertz CT molecular complexity index is 685. The maximum atomic E-state index is 5.45. The first-order chi connectivity index (χ1) is 10.6. The average molecular weight is 301 g/mol. The van der Waals surface area contributed by atoms with Crippen LogP contribution in [0.4, 0.5) is 0 Å². The van der Waals surface area contributed by atoms with Gasteiger partial charge in [0.1, 0.15) is 0 Å². The Hall–Kier alpha value is -1.69. The van der Waals surface area contributed by atoms with Gasteiger partial charge in [-0.05, 0) is 46.1 Å². The highest BCUT2D eigenvalue weighted by Gasteiger charge is 2.33. The van der Waals surface area contributed by atoms with Crippen molar-refractivity contribution in [2.75, 3.05) is 6.54 Å². The van der Waals surface area contributed by atoms with E-state index in [1.807, 2.05) is 11.7 Å². The number of aryl methyl sites for hydroxylation is 2. The lowest BCUT2D eigenvalue weighted by atomic mass is 10.0. The van der Waals surface area contributed by atoms with Crippen molar-refractivity contribution in [1.29, 1.82) is 0 Å². The van der Waals surface area contributed by atoms with E-state index in [2.05, 4.69) is 34.0 Å². The lowest BCUT2D eigenvalue weighted by Gasteiger charge is -2.23. The molecule has 0 amide bonds. The van der Waals surface area contributed by atoms with Crippen LogP contribution in [0.5, 0.6) is 0 Å². The van der Waals surface area contributed by atoms with Gasteiger partial charge in [0.25, 0.3) is 0 Å². The Morgan fingerprint density at radius 1 is 1.23 bits per heavy atom. The van der Waals surface area contributed by atoms with Crippen LogP contribution in [-0.4, -0.2) is 31.4 Å². The molecule has 6 nitrogen and oxygen atoms in total. The minimum absolute atomic E-state index is 0.421. The van der Waals surface area contributed by atoms with Crippen LogP contribution in [-0.2, 0) is 13.6 Å². The molecule has 0 spiro atoms. The Kier molecular flexibility index (Phi) is 3.29. The number of rotatable bonds is 4. The quantitative estimate of drug-likeness (QED) is 0.869. The van der Waals surface area contributed by atoms with Crippen LogP contribution in [0.15, 0.2) is 4.52 Å². The topological polar surface area (TPSA) is 60.0 Å². The summed E-state index contributed by atoms with van der Waals surface area (Å²) in [5.74, 6) is 2.21. The van der Waals surface area contributed by atoms with Crippen LogP contribution in [0, 0.1) is 13.8 Å². The number of hydrogen-bond acceptors (Lipinski definition) is 5. The van der Waals surface area contributed by atoms with Gasteiger partial charge in [0, 0.05) is 30.3 Å². The van der Waals surface area contributed by atoms with Gasteiger partial charge in [-0.25, -0.2) is 0 Å². The fourth-order valence-electron chi connectivity index (χ4n) is 3.63. The van der Waals surface area contributed by atoms with E-state index < -0.39 is 0 Å². The van der Waals surface area contributed by atoms with E-state index in [0.29, 0.717) is 12.0 Å². The molecule has 0 N–H and O–H groups in total. The van der Waals surface area contributed by atoms with Crippen molar-refractivity contribution in [3.05, 3.63) is 28.7 Å². The van der Waals surface area contributed by atoms with Crippen molar-refractivity contribution in [2.45, 2.75) is 58.0 Å². The molecule has 2 aliphatic rings. The Labute approximate surface area is 130 Å². The first-order valence-corrected chi connectivity index (χ1v) is 8.20. The van der Waals surface area contributed by atoms with Gasteiger partial charge in [0.05, 0.1) is 12.2 Å². The predicted octanol–water partition coefficient (Wildman–Crippen LogP) is 2.63. The van der Waals surface area contributed by atoms with Gasteiger partial charge in [-0.3, -0.25) is 9.58 Å². The lowest BCUT2D eigenvalue weighted by molar-refractivity contribution is 0.211. The summed E-state index contributed by atoms with van der Waals surface area (Å²) in [7, 11) is 2.02. The monoisotopic (exact) mass is 301 g/mol. The molecule has 118 valence electrons. The minimum atomic E-state index is 0.421. The molecule has 2 aromatic rings. The summed E-state index contributed by atoms with van der Waals surface area (Å²) < 4.78 is 7.44. The zero-order valence-corrected chi connectivity index (χ0v) is 13.5. The van der Waals surface area contributed by atoms with Gasteiger partial charge in [-0.15, -0.1) is 0 Å². The van der Waals surface area contributed by atoms with Crippen LogP contribution >= 0.6 is 0 Å². The van der Waals surface area contributed by atoms with Crippen LogP contribution in [0.1, 0.15) is 66.3 Å². The molecule has 0 aromatic carbocycles. The highest BCUT2D eigenvalue weighted by Crippen LogP contribution is 2.39. The second-order valence-electron chi connectivity index (χ2n) is 6.66. The van der Waals surface area contributed by atoms with Crippen LogP contribution in [0.25, 0.3) is 0 Å². The smallest absolute Gasteiger partial charge is 0.240 e. The normalized spacial score (nSPS) is 22.6. The molecule has 2 aromatic heterocycles. The second-order valence-corrected chi connectivity index (χ2v) is 6.66. The standard InChI is InChI=1S/C16H23N5O/c1-10-15(11(2)20(3)18-10)13-5-4-8-21(13)9-14-17-16(19-22-14)12-6-7-12/h12-13H,4-9H2,1-3H3/t13-/m1/s1. The molecule has 2 fully saturated rings. The highest BCUT2D eigenvalue weighted by molar-refractivity contribution is 5.29. The molecule has 1 aliphatic carbocycles. The van der Waals surface area contributed by atoms with Crippen molar-refractivity contribution in [2.24, 2.45) is 7.05 Å². The molecule has 0 radical (unpaired) electrons. The molecule has 1 atom stereocenters. The molecular weight excluding hydrogens is 278 g/mol. The van der Waals surface area contributed by atoms with E-state index in [4.69, 9.17) is 4.52 Å². The van der Waals surface area contributed by atoms with Gasteiger partial charge >= 0.3 is 0 Å². The molecule has 3 heterocycles. The Balaban J connectivity index is 1.55. The average Bonchev–Trinajstić information content (AvgIpc) is 2.98.